The first-order valence-corrected chi connectivity index (χ1v) is 7.11. The Morgan fingerprint density at radius 2 is 2.13 bits per heavy atom. The van der Waals surface area contributed by atoms with Crippen LogP contribution in [0, 0.1) is 0 Å². The molecule has 0 bridgehead atoms. The summed E-state index contributed by atoms with van der Waals surface area (Å²) in [7, 11) is 0. The summed E-state index contributed by atoms with van der Waals surface area (Å²) in [6.07, 6.45) is 1.10. The summed E-state index contributed by atoms with van der Waals surface area (Å²) >= 11 is 5.53. The fourth-order valence-electron chi connectivity index (χ4n) is 1.62. The smallest absolute Gasteiger partial charge is 0.0981 e. The summed E-state index contributed by atoms with van der Waals surface area (Å²) in [5.74, 6) is 1.12. The summed E-state index contributed by atoms with van der Waals surface area (Å²) in [5, 5.41) is 1.19. The maximum atomic E-state index is 4.78. The average Bonchev–Trinajstić information content (AvgIpc) is 2.31. The molecule has 0 unspecified atom stereocenters. The van der Waals surface area contributed by atoms with E-state index in [1.165, 1.54) is 10.6 Å². The molecule has 3 heteroatoms. The minimum Gasteiger partial charge on any atom is -0.273 e. The summed E-state index contributed by atoms with van der Waals surface area (Å²) in [6.45, 7) is 2.20. The van der Waals surface area contributed by atoms with Gasteiger partial charge >= 0.3 is 0 Å². The molecule has 0 N–H and O–H groups in total. The molecule has 0 saturated heterocycles. The van der Waals surface area contributed by atoms with Crippen LogP contribution in [-0.4, -0.2) is 21.7 Å². The molecule has 0 aromatic heterocycles. The SMILES string of the molecule is CC[C@H]1N=C(c2ccccc2)SC[C@@H]1Br. The zero-order valence-corrected chi connectivity index (χ0v) is 11.1. The number of hydrogen-bond acceptors (Lipinski definition) is 2. The van der Waals surface area contributed by atoms with E-state index in [0.29, 0.717) is 10.9 Å². The predicted octanol–water partition coefficient (Wildman–Crippen LogP) is 3.72. The van der Waals surface area contributed by atoms with Gasteiger partial charge in [0.15, 0.2) is 0 Å². The molecular formula is C12H14BrNS. The van der Waals surface area contributed by atoms with E-state index in [4.69, 9.17) is 4.99 Å². The molecule has 1 aromatic carbocycles. The lowest BCUT2D eigenvalue weighted by Gasteiger charge is -2.24. The fraction of sp³-hybridized carbons (Fsp3) is 0.417. The molecule has 0 aliphatic carbocycles. The van der Waals surface area contributed by atoms with E-state index in [9.17, 15) is 0 Å². The van der Waals surface area contributed by atoms with Crippen LogP contribution in [0.5, 0.6) is 0 Å². The van der Waals surface area contributed by atoms with Crippen LogP contribution >= 0.6 is 27.7 Å². The van der Waals surface area contributed by atoms with Crippen molar-refractivity contribution in [2.45, 2.75) is 24.2 Å². The van der Waals surface area contributed by atoms with E-state index in [-0.39, 0.29) is 0 Å². The minimum absolute atomic E-state index is 0.432. The summed E-state index contributed by atoms with van der Waals surface area (Å²) in [5.41, 5.74) is 1.25. The Kier molecular flexibility index (Phi) is 3.87. The van der Waals surface area contributed by atoms with Crippen LogP contribution in [0.3, 0.4) is 0 Å². The second-order valence-corrected chi connectivity index (χ2v) is 5.79. The number of alkyl halides is 1. The van der Waals surface area contributed by atoms with Gasteiger partial charge in [-0.1, -0.05) is 53.2 Å². The molecule has 1 aliphatic heterocycles. The van der Waals surface area contributed by atoms with E-state index in [1.54, 1.807) is 0 Å². The molecule has 15 heavy (non-hydrogen) atoms. The van der Waals surface area contributed by atoms with Crippen LogP contribution < -0.4 is 0 Å². The number of rotatable bonds is 2. The van der Waals surface area contributed by atoms with Gasteiger partial charge in [0.05, 0.1) is 11.1 Å². The van der Waals surface area contributed by atoms with Crippen LogP contribution in [0.25, 0.3) is 0 Å². The molecule has 1 heterocycles. The second kappa shape index (κ2) is 5.17. The molecule has 2 atom stereocenters. The molecule has 0 amide bonds. The zero-order chi connectivity index (χ0) is 10.7. The summed E-state index contributed by atoms with van der Waals surface area (Å²) in [4.78, 5) is 5.31. The van der Waals surface area contributed by atoms with Gasteiger partial charge in [-0.15, -0.1) is 11.8 Å². The number of aliphatic imine (C=N–C) groups is 1. The first kappa shape index (κ1) is 11.2. The molecule has 2 rings (SSSR count). The number of thioether (sulfide) groups is 1. The fourth-order valence-corrected chi connectivity index (χ4v) is 3.56. The first-order valence-electron chi connectivity index (χ1n) is 5.21. The van der Waals surface area contributed by atoms with Crippen molar-refractivity contribution in [1.82, 2.24) is 0 Å². The quantitative estimate of drug-likeness (QED) is 0.754. The zero-order valence-electron chi connectivity index (χ0n) is 8.69. The van der Waals surface area contributed by atoms with Crippen LogP contribution in [0.15, 0.2) is 35.3 Å². The number of benzene rings is 1. The van der Waals surface area contributed by atoms with Gasteiger partial charge in [0.2, 0.25) is 0 Å². The third-order valence-electron chi connectivity index (χ3n) is 2.52. The molecular weight excluding hydrogens is 270 g/mol. The molecule has 1 nitrogen and oxygen atoms in total. The van der Waals surface area contributed by atoms with Crippen molar-refractivity contribution in [1.29, 1.82) is 0 Å². The molecule has 0 spiro atoms. The first-order chi connectivity index (χ1) is 7.31. The molecule has 80 valence electrons. The van der Waals surface area contributed by atoms with Crippen molar-refractivity contribution < 1.29 is 0 Å². The minimum atomic E-state index is 0.432. The lowest BCUT2D eigenvalue weighted by atomic mass is 10.1. The number of hydrogen-bond donors (Lipinski definition) is 0. The Bertz CT molecular complexity index is 350. The Labute approximate surface area is 104 Å². The van der Waals surface area contributed by atoms with Gasteiger partial charge in [0, 0.05) is 16.1 Å². The van der Waals surface area contributed by atoms with Crippen molar-refractivity contribution >= 4 is 32.7 Å². The van der Waals surface area contributed by atoms with Crippen molar-refractivity contribution in [3.8, 4) is 0 Å². The lowest BCUT2D eigenvalue weighted by Crippen LogP contribution is -2.26. The Hall–Kier alpha value is -0.280. The van der Waals surface area contributed by atoms with E-state index in [1.807, 2.05) is 17.8 Å². The highest BCUT2D eigenvalue weighted by molar-refractivity contribution is 9.09. The third kappa shape index (κ3) is 2.64. The largest absolute Gasteiger partial charge is 0.273 e. The van der Waals surface area contributed by atoms with Gasteiger partial charge in [-0.2, -0.15) is 0 Å². The molecule has 0 saturated carbocycles. The lowest BCUT2D eigenvalue weighted by molar-refractivity contribution is 0.655. The van der Waals surface area contributed by atoms with Crippen LogP contribution in [0.2, 0.25) is 0 Å². The summed E-state index contributed by atoms with van der Waals surface area (Å²) < 4.78 is 0. The van der Waals surface area contributed by atoms with E-state index in [2.05, 4.69) is 47.1 Å². The predicted molar refractivity (Wildman–Crippen MR) is 72.2 cm³/mol. The monoisotopic (exact) mass is 283 g/mol. The highest BCUT2D eigenvalue weighted by Crippen LogP contribution is 2.28. The van der Waals surface area contributed by atoms with Gasteiger partial charge in [0.1, 0.15) is 0 Å². The topological polar surface area (TPSA) is 12.4 Å². The Balaban J connectivity index is 2.24. The van der Waals surface area contributed by atoms with Crippen LogP contribution in [0.1, 0.15) is 18.9 Å². The highest BCUT2D eigenvalue weighted by Gasteiger charge is 2.23. The second-order valence-electron chi connectivity index (χ2n) is 3.60. The Morgan fingerprint density at radius 3 is 2.80 bits per heavy atom. The van der Waals surface area contributed by atoms with Gasteiger partial charge in [-0.25, -0.2) is 0 Å². The number of nitrogens with zero attached hydrogens (tertiary/aromatic N) is 1. The van der Waals surface area contributed by atoms with E-state index < -0.39 is 0 Å². The summed E-state index contributed by atoms with van der Waals surface area (Å²) in [6, 6.07) is 10.9. The number of halogens is 1. The molecule has 1 aliphatic rings. The highest BCUT2D eigenvalue weighted by atomic mass is 79.9. The molecule has 0 fully saturated rings. The van der Waals surface area contributed by atoms with Gasteiger partial charge in [0.25, 0.3) is 0 Å². The average molecular weight is 284 g/mol. The van der Waals surface area contributed by atoms with E-state index in [0.717, 1.165) is 12.2 Å². The van der Waals surface area contributed by atoms with Crippen LogP contribution in [0.4, 0.5) is 0 Å². The van der Waals surface area contributed by atoms with Crippen molar-refractivity contribution in [2.75, 3.05) is 5.75 Å². The normalized spacial score (nSPS) is 26.1. The van der Waals surface area contributed by atoms with Crippen molar-refractivity contribution in [3.05, 3.63) is 35.9 Å². The third-order valence-corrected chi connectivity index (χ3v) is 5.02. The molecule has 0 radical (unpaired) electrons. The van der Waals surface area contributed by atoms with Crippen LogP contribution in [-0.2, 0) is 0 Å². The maximum Gasteiger partial charge on any atom is 0.0981 e. The van der Waals surface area contributed by atoms with Crippen molar-refractivity contribution in [3.63, 3.8) is 0 Å². The molecule has 1 aromatic rings. The Morgan fingerprint density at radius 1 is 1.40 bits per heavy atom. The standard InChI is InChI=1S/C12H14BrNS/c1-2-11-10(13)8-15-12(14-11)9-6-4-3-5-7-9/h3-7,10-11H,2,8H2,1H3/t10-,11+/m0/s1. The van der Waals surface area contributed by atoms with Gasteiger partial charge in [-0.05, 0) is 6.42 Å². The van der Waals surface area contributed by atoms with Gasteiger partial charge in [-0.3, -0.25) is 4.99 Å². The van der Waals surface area contributed by atoms with Crippen molar-refractivity contribution in [2.24, 2.45) is 4.99 Å². The maximum absolute atomic E-state index is 4.78. The van der Waals surface area contributed by atoms with Gasteiger partial charge < -0.3 is 0 Å². The van der Waals surface area contributed by atoms with E-state index >= 15 is 0 Å².